The van der Waals surface area contributed by atoms with Crippen molar-refractivity contribution in [2.75, 3.05) is 6.54 Å². The van der Waals surface area contributed by atoms with Gasteiger partial charge in [-0.2, -0.15) is 8.78 Å². The lowest BCUT2D eigenvalue weighted by molar-refractivity contribution is -0.119. The van der Waals surface area contributed by atoms with Crippen LogP contribution in [0.3, 0.4) is 0 Å². The molecular formula is C11H11F2NO2. The Morgan fingerprint density at radius 3 is 2.88 bits per heavy atom. The fourth-order valence-electron chi connectivity index (χ4n) is 1.79. The highest BCUT2D eigenvalue weighted by molar-refractivity contribution is 5.79. The second-order valence-corrected chi connectivity index (χ2v) is 3.66. The first-order chi connectivity index (χ1) is 7.65. The van der Waals surface area contributed by atoms with Gasteiger partial charge in [-0.1, -0.05) is 12.1 Å². The molecule has 1 aromatic rings. The summed E-state index contributed by atoms with van der Waals surface area (Å²) in [5.41, 5.74) is 0.844. The largest absolute Gasteiger partial charge is 0.435 e. The van der Waals surface area contributed by atoms with Crippen LogP contribution in [0.25, 0.3) is 0 Å². The highest BCUT2D eigenvalue weighted by Crippen LogP contribution is 2.26. The fourth-order valence-corrected chi connectivity index (χ4v) is 1.79. The summed E-state index contributed by atoms with van der Waals surface area (Å²) in [5, 5.41) is 2.70. The first-order valence-electron chi connectivity index (χ1n) is 4.96. The van der Waals surface area contributed by atoms with Crippen molar-refractivity contribution in [2.45, 2.75) is 19.0 Å². The van der Waals surface area contributed by atoms with Gasteiger partial charge in [-0.25, -0.2) is 0 Å². The number of alkyl halides is 2. The molecule has 1 aliphatic heterocycles. The van der Waals surface area contributed by atoms with Crippen LogP contribution in [0.2, 0.25) is 0 Å². The van der Waals surface area contributed by atoms with Crippen molar-refractivity contribution in [3.8, 4) is 5.75 Å². The third-order valence-electron chi connectivity index (χ3n) is 2.53. The van der Waals surface area contributed by atoms with E-state index in [0.29, 0.717) is 13.0 Å². The molecule has 1 unspecified atom stereocenters. The van der Waals surface area contributed by atoms with Gasteiger partial charge in [-0.3, -0.25) is 4.79 Å². The van der Waals surface area contributed by atoms with Crippen LogP contribution in [0.5, 0.6) is 5.75 Å². The molecule has 1 N–H and O–H groups in total. The topological polar surface area (TPSA) is 38.3 Å². The SMILES string of the molecule is O=C1CC(c2cccc(OC(F)F)c2)CN1. The van der Waals surface area contributed by atoms with Crippen LogP contribution in [0, 0.1) is 0 Å². The van der Waals surface area contributed by atoms with Crippen molar-refractivity contribution in [3.63, 3.8) is 0 Å². The van der Waals surface area contributed by atoms with Gasteiger partial charge in [0.25, 0.3) is 0 Å². The van der Waals surface area contributed by atoms with Crippen LogP contribution in [-0.4, -0.2) is 19.1 Å². The summed E-state index contributed by atoms with van der Waals surface area (Å²) in [6.07, 6.45) is 0.401. The molecular weight excluding hydrogens is 216 g/mol. The smallest absolute Gasteiger partial charge is 0.387 e. The molecule has 86 valence electrons. The Morgan fingerprint density at radius 2 is 2.25 bits per heavy atom. The maximum atomic E-state index is 12.0. The Kier molecular flexibility index (Phi) is 3.03. The zero-order valence-corrected chi connectivity index (χ0v) is 8.45. The fraction of sp³-hybridized carbons (Fsp3) is 0.364. The molecule has 1 aliphatic rings. The van der Waals surface area contributed by atoms with Crippen molar-refractivity contribution >= 4 is 5.91 Å². The third kappa shape index (κ3) is 2.48. The second-order valence-electron chi connectivity index (χ2n) is 3.66. The number of amides is 1. The van der Waals surface area contributed by atoms with Crippen LogP contribution in [0.4, 0.5) is 8.78 Å². The first kappa shape index (κ1) is 10.9. The van der Waals surface area contributed by atoms with Crippen LogP contribution in [0.15, 0.2) is 24.3 Å². The van der Waals surface area contributed by atoms with E-state index in [1.807, 2.05) is 6.07 Å². The van der Waals surface area contributed by atoms with E-state index >= 15 is 0 Å². The van der Waals surface area contributed by atoms with Crippen LogP contribution in [0.1, 0.15) is 17.9 Å². The lowest BCUT2D eigenvalue weighted by atomic mass is 9.98. The molecule has 1 atom stereocenters. The summed E-state index contributed by atoms with van der Waals surface area (Å²) in [6.45, 7) is -2.27. The zero-order chi connectivity index (χ0) is 11.5. The van der Waals surface area contributed by atoms with E-state index < -0.39 is 6.61 Å². The van der Waals surface area contributed by atoms with Crippen molar-refractivity contribution < 1.29 is 18.3 Å². The summed E-state index contributed by atoms with van der Waals surface area (Å²) >= 11 is 0. The zero-order valence-electron chi connectivity index (χ0n) is 8.45. The number of rotatable bonds is 3. The molecule has 0 aliphatic carbocycles. The molecule has 0 bridgehead atoms. The van der Waals surface area contributed by atoms with Crippen LogP contribution < -0.4 is 10.1 Å². The number of benzene rings is 1. The first-order valence-corrected chi connectivity index (χ1v) is 4.96. The van der Waals surface area contributed by atoms with Gasteiger partial charge in [0.15, 0.2) is 0 Å². The summed E-state index contributed by atoms with van der Waals surface area (Å²) in [4.78, 5) is 11.0. The highest BCUT2D eigenvalue weighted by Gasteiger charge is 2.23. The minimum absolute atomic E-state index is 0.00909. The average molecular weight is 227 g/mol. The monoisotopic (exact) mass is 227 g/mol. The third-order valence-corrected chi connectivity index (χ3v) is 2.53. The standard InChI is InChI=1S/C11H11F2NO2/c12-11(13)16-9-3-1-2-7(4-9)8-5-10(15)14-6-8/h1-4,8,11H,5-6H2,(H,14,15). The number of carbonyl (C=O) groups is 1. The van der Waals surface area contributed by atoms with E-state index in [2.05, 4.69) is 10.1 Å². The summed E-state index contributed by atoms with van der Waals surface area (Å²) < 4.78 is 28.3. The van der Waals surface area contributed by atoms with Crippen molar-refractivity contribution in [1.29, 1.82) is 0 Å². The Labute approximate surface area is 91.4 Å². The molecule has 0 radical (unpaired) electrons. The number of nitrogens with one attached hydrogen (secondary N) is 1. The molecule has 0 spiro atoms. The van der Waals surface area contributed by atoms with Gasteiger partial charge in [0.2, 0.25) is 5.91 Å². The Hall–Kier alpha value is -1.65. The van der Waals surface area contributed by atoms with E-state index in [1.54, 1.807) is 12.1 Å². The van der Waals surface area contributed by atoms with Crippen molar-refractivity contribution in [1.82, 2.24) is 5.32 Å². The van der Waals surface area contributed by atoms with E-state index in [1.165, 1.54) is 6.07 Å². The number of hydrogen-bond donors (Lipinski definition) is 1. The summed E-state index contributed by atoms with van der Waals surface area (Å²) in [5.74, 6) is 0.172. The molecule has 16 heavy (non-hydrogen) atoms. The summed E-state index contributed by atoms with van der Waals surface area (Å²) in [7, 11) is 0. The van der Waals surface area contributed by atoms with Gasteiger partial charge in [0.05, 0.1) is 0 Å². The molecule has 1 amide bonds. The molecule has 1 fully saturated rings. The van der Waals surface area contributed by atoms with Gasteiger partial charge in [-0.15, -0.1) is 0 Å². The Balaban J connectivity index is 2.12. The predicted octanol–water partition coefficient (Wildman–Crippen LogP) is 1.89. The number of hydrogen-bond acceptors (Lipinski definition) is 2. The highest BCUT2D eigenvalue weighted by atomic mass is 19.3. The minimum atomic E-state index is -2.82. The predicted molar refractivity (Wildman–Crippen MR) is 53.4 cm³/mol. The normalized spacial score (nSPS) is 19.9. The summed E-state index contributed by atoms with van der Waals surface area (Å²) in [6, 6.07) is 6.48. The van der Waals surface area contributed by atoms with Crippen LogP contribution >= 0.6 is 0 Å². The van der Waals surface area contributed by atoms with Gasteiger partial charge in [0, 0.05) is 18.9 Å². The second kappa shape index (κ2) is 4.47. The molecule has 0 saturated carbocycles. The van der Waals surface area contributed by atoms with E-state index in [0.717, 1.165) is 5.56 Å². The van der Waals surface area contributed by atoms with Gasteiger partial charge < -0.3 is 10.1 Å². The van der Waals surface area contributed by atoms with Gasteiger partial charge in [-0.05, 0) is 17.7 Å². The number of ether oxygens (including phenoxy) is 1. The van der Waals surface area contributed by atoms with Crippen molar-refractivity contribution in [2.24, 2.45) is 0 Å². The molecule has 2 rings (SSSR count). The van der Waals surface area contributed by atoms with Gasteiger partial charge >= 0.3 is 6.61 Å². The molecule has 1 heterocycles. The maximum absolute atomic E-state index is 12.0. The minimum Gasteiger partial charge on any atom is -0.435 e. The van der Waals surface area contributed by atoms with E-state index in [-0.39, 0.29) is 17.6 Å². The van der Waals surface area contributed by atoms with Crippen LogP contribution in [-0.2, 0) is 4.79 Å². The Morgan fingerprint density at radius 1 is 1.44 bits per heavy atom. The number of carbonyl (C=O) groups excluding carboxylic acids is 1. The van der Waals surface area contributed by atoms with Crippen molar-refractivity contribution in [3.05, 3.63) is 29.8 Å². The quantitative estimate of drug-likeness (QED) is 0.856. The van der Waals surface area contributed by atoms with E-state index in [4.69, 9.17) is 0 Å². The molecule has 1 aromatic carbocycles. The maximum Gasteiger partial charge on any atom is 0.387 e. The molecule has 5 heteroatoms. The average Bonchev–Trinajstić information content (AvgIpc) is 2.64. The Bertz CT molecular complexity index is 395. The molecule has 0 aromatic heterocycles. The lowest BCUT2D eigenvalue weighted by Crippen LogP contribution is -2.13. The molecule has 3 nitrogen and oxygen atoms in total. The van der Waals surface area contributed by atoms with E-state index in [9.17, 15) is 13.6 Å². The lowest BCUT2D eigenvalue weighted by Gasteiger charge is -2.10. The van der Waals surface area contributed by atoms with Gasteiger partial charge in [0.1, 0.15) is 5.75 Å². The molecule has 1 saturated heterocycles. The number of halogens is 2.